The van der Waals surface area contributed by atoms with E-state index in [0.717, 1.165) is 16.5 Å². The van der Waals surface area contributed by atoms with Crippen LogP contribution >= 0.6 is 11.3 Å². The average Bonchev–Trinajstić information content (AvgIpc) is 3.03. The molecule has 132 valence electrons. The number of thiazole rings is 1. The van der Waals surface area contributed by atoms with Gasteiger partial charge in [0.25, 0.3) is 5.91 Å². The molecular formula is C18H22N4O2S. The van der Waals surface area contributed by atoms with Crippen LogP contribution in [-0.2, 0) is 4.79 Å². The Kier molecular flexibility index (Phi) is 5.03. The predicted molar refractivity (Wildman–Crippen MR) is 99.2 cm³/mol. The number of hydrogen-bond acceptors (Lipinski definition) is 5. The minimum Gasteiger partial charge on any atom is -0.369 e. The van der Waals surface area contributed by atoms with Crippen LogP contribution in [0.25, 0.3) is 0 Å². The van der Waals surface area contributed by atoms with Crippen LogP contribution in [0.1, 0.15) is 28.2 Å². The molecule has 0 atom stereocenters. The first-order chi connectivity index (χ1) is 12.0. The summed E-state index contributed by atoms with van der Waals surface area (Å²) in [5.41, 5.74) is 7.13. The zero-order valence-corrected chi connectivity index (χ0v) is 15.3. The number of hydrogen-bond donors (Lipinski definition) is 1. The fourth-order valence-electron chi connectivity index (χ4n) is 3.00. The van der Waals surface area contributed by atoms with Crippen LogP contribution in [-0.4, -0.2) is 41.8 Å². The first-order valence-corrected chi connectivity index (χ1v) is 9.14. The normalized spacial score (nSPS) is 15.2. The molecule has 0 bridgehead atoms. The summed E-state index contributed by atoms with van der Waals surface area (Å²) in [4.78, 5) is 33.1. The SMILES string of the molecule is Cc1nc(N(C)c2ccccc2)sc1C(=O)N1CCC(C(N)=O)CC1. The van der Waals surface area contributed by atoms with E-state index in [1.54, 1.807) is 4.90 Å². The largest absolute Gasteiger partial charge is 0.369 e. The summed E-state index contributed by atoms with van der Waals surface area (Å²) in [6, 6.07) is 9.93. The van der Waals surface area contributed by atoms with Gasteiger partial charge in [0.05, 0.1) is 5.69 Å². The number of carbonyl (C=O) groups excluding carboxylic acids is 2. The Morgan fingerprint density at radius 3 is 2.48 bits per heavy atom. The Morgan fingerprint density at radius 2 is 1.88 bits per heavy atom. The Bertz CT molecular complexity index is 767. The molecule has 3 rings (SSSR count). The summed E-state index contributed by atoms with van der Waals surface area (Å²) in [6.45, 7) is 2.99. The summed E-state index contributed by atoms with van der Waals surface area (Å²) in [7, 11) is 1.94. The maximum absolute atomic E-state index is 12.8. The summed E-state index contributed by atoms with van der Waals surface area (Å²) in [5, 5.41) is 0.791. The van der Waals surface area contributed by atoms with Gasteiger partial charge >= 0.3 is 0 Å². The van der Waals surface area contributed by atoms with Crippen molar-refractivity contribution >= 4 is 34.0 Å². The van der Waals surface area contributed by atoms with Gasteiger partial charge in [-0.05, 0) is 31.9 Å². The fourth-order valence-corrected chi connectivity index (χ4v) is 4.01. The summed E-state index contributed by atoms with van der Waals surface area (Å²) in [5.74, 6) is -0.398. The van der Waals surface area contributed by atoms with Crippen molar-refractivity contribution < 1.29 is 9.59 Å². The highest BCUT2D eigenvalue weighted by atomic mass is 32.1. The number of primary amides is 1. The van der Waals surface area contributed by atoms with Crippen molar-refractivity contribution in [3.05, 3.63) is 40.9 Å². The van der Waals surface area contributed by atoms with Gasteiger partial charge in [0.2, 0.25) is 5.91 Å². The van der Waals surface area contributed by atoms with E-state index >= 15 is 0 Å². The topological polar surface area (TPSA) is 79.5 Å². The molecule has 25 heavy (non-hydrogen) atoms. The van der Waals surface area contributed by atoms with E-state index in [9.17, 15) is 9.59 Å². The maximum atomic E-state index is 12.8. The molecule has 1 aliphatic heterocycles. The van der Waals surface area contributed by atoms with Crippen molar-refractivity contribution in [3.8, 4) is 0 Å². The van der Waals surface area contributed by atoms with E-state index in [1.165, 1.54) is 11.3 Å². The third-order valence-corrected chi connectivity index (χ3v) is 5.82. The van der Waals surface area contributed by atoms with Gasteiger partial charge in [-0.3, -0.25) is 9.59 Å². The van der Waals surface area contributed by atoms with Gasteiger partial charge in [0.1, 0.15) is 4.88 Å². The maximum Gasteiger partial charge on any atom is 0.265 e. The van der Waals surface area contributed by atoms with Gasteiger partial charge in [0, 0.05) is 31.7 Å². The highest BCUT2D eigenvalue weighted by Crippen LogP contribution is 2.31. The molecule has 0 aliphatic carbocycles. The first-order valence-electron chi connectivity index (χ1n) is 8.32. The lowest BCUT2D eigenvalue weighted by Gasteiger charge is -2.30. The Morgan fingerprint density at radius 1 is 1.24 bits per heavy atom. The van der Waals surface area contributed by atoms with Crippen LogP contribution in [0.2, 0.25) is 0 Å². The van der Waals surface area contributed by atoms with Crippen LogP contribution in [0, 0.1) is 12.8 Å². The second kappa shape index (κ2) is 7.23. The predicted octanol–water partition coefficient (Wildman–Crippen LogP) is 2.56. The average molecular weight is 358 g/mol. The lowest BCUT2D eigenvalue weighted by Crippen LogP contribution is -2.41. The molecule has 1 saturated heterocycles. The number of piperidine rings is 1. The van der Waals surface area contributed by atoms with Gasteiger partial charge in [-0.2, -0.15) is 0 Å². The number of benzene rings is 1. The van der Waals surface area contributed by atoms with Crippen molar-refractivity contribution in [2.45, 2.75) is 19.8 Å². The monoisotopic (exact) mass is 358 g/mol. The molecule has 0 saturated carbocycles. The second-order valence-corrected chi connectivity index (χ2v) is 7.25. The number of amides is 2. The highest BCUT2D eigenvalue weighted by Gasteiger charge is 2.28. The van der Waals surface area contributed by atoms with Crippen molar-refractivity contribution in [1.29, 1.82) is 0 Å². The zero-order chi connectivity index (χ0) is 18.0. The fraction of sp³-hybridized carbons (Fsp3) is 0.389. The molecule has 0 spiro atoms. The molecule has 0 unspecified atom stereocenters. The molecule has 7 heteroatoms. The van der Waals surface area contributed by atoms with Gasteiger partial charge in [0.15, 0.2) is 5.13 Å². The second-order valence-electron chi connectivity index (χ2n) is 6.27. The van der Waals surface area contributed by atoms with E-state index in [2.05, 4.69) is 4.98 Å². The van der Waals surface area contributed by atoms with E-state index in [4.69, 9.17) is 5.73 Å². The third-order valence-electron chi connectivity index (χ3n) is 4.59. The van der Waals surface area contributed by atoms with Crippen LogP contribution in [0.15, 0.2) is 30.3 Å². The number of carbonyl (C=O) groups is 2. The lowest BCUT2D eigenvalue weighted by atomic mass is 9.96. The molecule has 2 amide bonds. The summed E-state index contributed by atoms with van der Waals surface area (Å²) >= 11 is 1.40. The zero-order valence-electron chi connectivity index (χ0n) is 14.4. The summed E-state index contributed by atoms with van der Waals surface area (Å²) in [6.07, 6.45) is 1.27. The molecule has 6 nitrogen and oxygen atoms in total. The molecule has 0 radical (unpaired) electrons. The Hall–Kier alpha value is -2.41. The van der Waals surface area contributed by atoms with Crippen LogP contribution < -0.4 is 10.6 Å². The van der Waals surface area contributed by atoms with Crippen LogP contribution in [0.3, 0.4) is 0 Å². The number of rotatable bonds is 4. The molecule has 1 aliphatic rings. The quantitative estimate of drug-likeness (QED) is 0.911. The number of likely N-dealkylation sites (tertiary alicyclic amines) is 1. The third kappa shape index (κ3) is 3.66. The van der Waals surface area contributed by atoms with Gasteiger partial charge in [-0.1, -0.05) is 29.5 Å². The number of nitrogens with two attached hydrogens (primary N) is 1. The smallest absolute Gasteiger partial charge is 0.265 e. The number of aryl methyl sites for hydroxylation is 1. The van der Waals surface area contributed by atoms with Gasteiger partial charge < -0.3 is 15.5 Å². The molecular weight excluding hydrogens is 336 g/mol. The van der Waals surface area contributed by atoms with Crippen LogP contribution in [0.4, 0.5) is 10.8 Å². The first kappa shape index (κ1) is 17.4. The molecule has 1 aromatic carbocycles. The number of para-hydroxylation sites is 1. The Balaban J connectivity index is 1.74. The molecule has 2 aromatic rings. The highest BCUT2D eigenvalue weighted by molar-refractivity contribution is 7.17. The Labute approximate surface area is 151 Å². The number of anilines is 2. The van der Waals surface area contributed by atoms with E-state index in [1.807, 2.05) is 49.2 Å². The van der Waals surface area contributed by atoms with Crippen molar-refractivity contribution in [1.82, 2.24) is 9.88 Å². The van der Waals surface area contributed by atoms with Crippen LogP contribution in [0.5, 0.6) is 0 Å². The number of nitrogens with zero attached hydrogens (tertiary/aromatic N) is 3. The van der Waals surface area contributed by atoms with Crippen molar-refractivity contribution in [3.63, 3.8) is 0 Å². The van der Waals surface area contributed by atoms with Crippen molar-refractivity contribution in [2.75, 3.05) is 25.0 Å². The van der Waals surface area contributed by atoms with Crippen molar-refractivity contribution in [2.24, 2.45) is 11.7 Å². The number of aromatic nitrogens is 1. The minimum atomic E-state index is -0.271. The van der Waals surface area contributed by atoms with E-state index in [0.29, 0.717) is 30.8 Å². The minimum absolute atomic E-state index is 0.00867. The standard InChI is InChI=1S/C18H22N4O2S/c1-12-15(17(24)22-10-8-13(9-11-22)16(19)23)25-18(20-12)21(2)14-6-4-3-5-7-14/h3-7,13H,8-11H2,1-2H3,(H2,19,23). The lowest BCUT2D eigenvalue weighted by molar-refractivity contribution is -0.123. The molecule has 1 aromatic heterocycles. The summed E-state index contributed by atoms with van der Waals surface area (Å²) < 4.78 is 0. The molecule has 1 fully saturated rings. The van der Waals surface area contributed by atoms with Gasteiger partial charge in [-0.25, -0.2) is 4.98 Å². The van der Waals surface area contributed by atoms with E-state index < -0.39 is 0 Å². The van der Waals surface area contributed by atoms with Gasteiger partial charge in [-0.15, -0.1) is 0 Å². The molecule has 2 heterocycles. The van der Waals surface area contributed by atoms with E-state index in [-0.39, 0.29) is 17.7 Å². The molecule has 2 N–H and O–H groups in total.